The van der Waals surface area contributed by atoms with E-state index in [2.05, 4.69) is 15.3 Å². The van der Waals surface area contributed by atoms with Gasteiger partial charge in [-0.1, -0.05) is 30.3 Å². The fourth-order valence-corrected chi connectivity index (χ4v) is 4.46. The third-order valence-electron chi connectivity index (χ3n) is 4.17. The lowest BCUT2D eigenvalue weighted by molar-refractivity contribution is -0.171. The number of benzene rings is 1. The Hall–Kier alpha value is -2.59. The van der Waals surface area contributed by atoms with Crippen LogP contribution in [0.4, 0.5) is 13.2 Å². The Morgan fingerprint density at radius 2 is 1.83 bits per heavy atom. The molecule has 1 aromatic carbocycles. The number of Topliss-reactive ketones (excluding diaryl/α,β-unsaturated/α-hetero) is 1. The van der Waals surface area contributed by atoms with Crippen molar-refractivity contribution in [2.24, 2.45) is 0 Å². The molecule has 0 aliphatic heterocycles. The molecule has 158 valence electrons. The predicted octanol–water partition coefficient (Wildman–Crippen LogP) is 4.89. The summed E-state index contributed by atoms with van der Waals surface area (Å²) >= 11 is 2.82. The molecule has 10 heteroatoms. The Morgan fingerprint density at radius 1 is 1.07 bits per heavy atom. The molecule has 1 amide bonds. The highest BCUT2D eigenvalue weighted by Crippen LogP contribution is 2.31. The maximum atomic E-state index is 12.7. The molecule has 0 bridgehead atoms. The van der Waals surface area contributed by atoms with Crippen LogP contribution in [-0.2, 0) is 11.2 Å². The summed E-state index contributed by atoms with van der Waals surface area (Å²) in [5, 5.41) is 5.89. The summed E-state index contributed by atoms with van der Waals surface area (Å²) in [6.45, 7) is 0.166. The van der Waals surface area contributed by atoms with Crippen LogP contribution in [0.1, 0.15) is 40.2 Å². The topological polar surface area (TPSA) is 72.0 Å². The number of nitrogens with one attached hydrogen (secondary N) is 1. The van der Waals surface area contributed by atoms with E-state index >= 15 is 0 Å². The molecule has 0 atom stereocenters. The number of hydrogen-bond acceptors (Lipinski definition) is 6. The number of carbonyl (C=O) groups excluding carboxylic acids is 2. The first-order chi connectivity index (χ1) is 14.3. The van der Waals surface area contributed by atoms with Crippen molar-refractivity contribution in [1.29, 1.82) is 0 Å². The van der Waals surface area contributed by atoms with Gasteiger partial charge in [0.1, 0.15) is 5.69 Å². The Kier molecular flexibility index (Phi) is 7.33. The lowest BCUT2D eigenvalue weighted by Crippen LogP contribution is -2.26. The van der Waals surface area contributed by atoms with Crippen molar-refractivity contribution in [3.05, 3.63) is 58.0 Å². The molecule has 0 aliphatic carbocycles. The lowest BCUT2D eigenvalue weighted by Gasteiger charge is -2.06. The Bertz CT molecular complexity index is 987. The molecule has 1 N–H and O–H groups in total. The van der Waals surface area contributed by atoms with Gasteiger partial charge in [-0.3, -0.25) is 9.59 Å². The summed E-state index contributed by atoms with van der Waals surface area (Å²) in [5.41, 5.74) is 1.33. The normalized spacial score (nSPS) is 11.4. The molecule has 0 saturated heterocycles. The van der Waals surface area contributed by atoms with Crippen LogP contribution in [0.15, 0.2) is 41.9 Å². The van der Waals surface area contributed by atoms with Crippen molar-refractivity contribution in [3.8, 4) is 10.0 Å². The number of alkyl halides is 3. The Morgan fingerprint density at radius 3 is 2.50 bits per heavy atom. The molecule has 2 heterocycles. The molecule has 3 rings (SSSR count). The summed E-state index contributed by atoms with van der Waals surface area (Å²) in [6, 6.07) is 9.67. The first kappa shape index (κ1) is 22.1. The van der Waals surface area contributed by atoms with E-state index in [4.69, 9.17) is 0 Å². The summed E-state index contributed by atoms with van der Waals surface area (Å²) in [5.74, 6) is -2.13. The van der Waals surface area contributed by atoms with Gasteiger partial charge in [-0.05, 0) is 18.4 Å². The van der Waals surface area contributed by atoms with Gasteiger partial charge in [0.15, 0.2) is 10.0 Å². The van der Waals surface area contributed by atoms with Crippen LogP contribution in [0.2, 0.25) is 0 Å². The second-order valence-electron chi connectivity index (χ2n) is 6.42. The highest BCUT2D eigenvalue weighted by Gasteiger charge is 2.37. The van der Waals surface area contributed by atoms with E-state index < -0.39 is 18.4 Å². The number of amides is 1. The van der Waals surface area contributed by atoms with Gasteiger partial charge in [-0.2, -0.15) is 13.2 Å². The molecule has 0 spiro atoms. The van der Waals surface area contributed by atoms with Gasteiger partial charge >= 0.3 is 6.18 Å². The average molecular weight is 454 g/mol. The minimum atomic E-state index is -4.80. The van der Waals surface area contributed by atoms with Crippen LogP contribution < -0.4 is 5.32 Å². The first-order valence-electron chi connectivity index (χ1n) is 9.16. The van der Waals surface area contributed by atoms with Gasteiger partial charge in [0.05, 0.1) is 0 Å². The minimum Gasteiger partial charge on any atom is -0.351 e. The number of hydrogen-bond donors (Lipinski definition) is 1. The SMILES string of the molecule is O=C(NCCCCC(=O)C(F)(F)F)c1nc(-c2nccs2)sc1Cc1ccccc1. The van der Waals surface area contributed by atoms with Crippen molar-refractivity contribution in [1.82, 2.24) is 15.3 Å². The summed E-state index contributed by atoms with van der Waals surface area (Å²) in [4.78, 5) is 33.0. The number of aromatic nitrogens is 2. The van der Waals surface area contributed by atoms with Crippen molar-refractivity contribution in [2.45, 2.75) is 31.9 Å². The molecular formula is C20H18F3N3O2S2. The van der Waals surface area contributed by atoms with Gasteiger partial charge in [0.2, 0.25) is 5.78 Å². The molecular weight excluding hydrogens is 435 g/mol. The Balaban J connectivity index is 1.64. The zero-order valence-electron chi connectivity index (χ0n) is 15.7. The molecule has 30 heavy (non-hydrogen) atoms. The maximum Gasteiger partial charge on any atom is 0.449 e. The van der Waals surface area contributed by atoms with Gasteiger partial charge in [0.25, 0.3) is 5.91 Å². The number of nitrogens with zero attached hydrogens (tertiary/aromatic N) is 2. The molecule has 0 unspecified atom stereocenters. The van der Waals surface area contributed by atoms with Crippen molar-refractivity contribution in [3.63, 3.8) is 0 Å². The monoisotopic (exact) mass is 453 g/mol. The quantitative estimate of drug-likeness (QED) is 0.469. The second kappa shape index (κ2) is 9.94. The minimum absolute atomic E-state index is 0.0525. The predicted molar refractivity (Wildman–Crippen MR) is 110 cm³/mol. The van der Waals surface area contributed by atoms with Crippen LogP contribution in [0, 0.1) is 0 Å². The standard InChI is InChI=1S/C20H18F3N3O2S2/c21-20(22,23)15(27)8-4-5-9-24-17(28)16-14(12-13-6-2-1-3-7-13)30-19(26-16)18-25-10-11-29-18/h1-3,6-7,10-11H,4-5,8-9,12H2,(H,24,28). The number of ketones is 1. The molecule has 0 saturated carbocycles. The average Bonchev–Trinajstić information content (AvgIpc) is 3.37. The van der Waals surface area contributed by atoms with Crippen LogP contribution in [-0.4, -0.2) is 34.4 Å². The smallest absolute Gasteiger partial charge is 0.351 e. The van der Waals surface area contributed by atoms with Crippen LogP contribution >= 0.6 is 22.7 Å². The van der Waals surface area contributed by atoms with Gasteiger partial charge in [0, 0.05) is 35.8 Å². The van der Waals surface area contributed by atoms with E-state index in [0.29, 0.717) is 17.1 Å². The van der Waals surface area contributed by atoms with Crippen molar-refractivity contribution >= 4 is 34.4 Å². The van der Waals surface area contributed by atoms with Crippen molar-refractivity contribution in [2.75, 3.05) is 6.54 Å². The largest absolute Gasteiger partial charge is 0.449 e. The molecule has 0 aliphatic rings. The molecule has 0 fully saturated rings. The van der Waals surface area contributed by atoms with Gasteiger partial charge in [-0.15, -0.1) is 22.7 Å². The first-order valence-corrected chi connectivity index (χ1v) is 10.9. The van der Waals surface area contributed by atoms with E-state index in [9.17, 15) is 22.8 Å². The zero-order valence-corrected chi connectivity index (χ0v) is 17.4. The fourth-order valence-electron chi connectivity index (χ4n) is 2.69. The van der Waals surface area contributed by atoms with Crippen LogP contribution in [0.3, 0.4) is 0 Å². The van der Waals surface area contributed by atoms with Crippen molar-refractivity contribution < 1.29 is 22.8 Å². The highest BCUT2D eigenvalue weighted by atomic mass is 32.1. The van der Waals surface area contributed by atoms with Gasteiger partial charge < -0.3 is 5.32 Å². The summed E-state index contributed by atoms with van der Waals surface area (Å²) < 4.78 is 36.7. The summed E-state index contributed by atoms with van der Waals surface area (Å²) in [7, 11) is 0. The molecule has 2 aromatic heterocycles. The number of rotatable bonds is 9. The number of halogens is 3. The lowest BCUT2D eigenvalue weighted by atomic mass is 10.1. The molecule has 5 nitrogen and oxygen atoms in total. The van der Waals surface area contributed by atoms with Crippen LogP contribution in [0.25, 0.3) is 10.0 Å². The molecule has 3 aromatic rings. The van der Waals surface area contributed by atoms with E-state index in [0.717, 1.165) is 15.4 Å². The number of unbranched alkanes of at least 4 members (excludes halogenated alkanes) is 1. The third-order valence-corrected chi connectivity index (χ3v) is 6.14. The number of thiazole rings is 2. The molecule has 0 radical (unpaired) electrons. The number of carbonyl (C=O) groups is 2. The van der Waals surface area contributed by atoms with E-state index in [1.807, 2.05) is 35.7 Å². The maximum absolute atomic E-state index is 12.7. The third kappa shape index (κ3) is 5.96. The second-order valence-corrected chi connectivity index (χ2v) is 8.40. The van der Waals surface area contributed by atoms with E-state index in [1.165, 1.54) is 22.7 Å². The van der Waals surface area contributed by atoms with E-state index in [1.54, 1.807) is 6.20 Å². The fraction of sp³-hybridized carbons (Fsp3) is 0.300. The highest BCUT2D eigenvalue weighted by molar-refractivity contribution is 7.20. The Labute approximate surface area is 179 Å². The van der Waals surface area contributed by atoms with Gasteiger partial charge in [-0.25, -0.2) is 9.97 Å². The summed E-state index contributed by atoms with van der Waals surface area (Å²) in [6.07, 6.45) is -2.86. The van der Waals surface area contributed by atoms with Crippen LogP contribution in [0.5, 0.6) is 0 Å². The van der Waals surface area contributed by atoms with E-state index in [-0.39, 0.29) is 25.3 Å². The zero-order chi connectivity index (χ0) is 21.6.